The first-order valence-corrected chi connectivity index (χ1v) is 9.71. The van der Waals surface area contributed by atoms with Gasteiger partial charge in [-0.05, 0) is 17.5 Å². The molecule has 0 aliphatic carbocycles. The molecule has 28 heavy (non-hydrogen) atoms. The highest BCUT2D eigenvalue weighted by atomic mass is 16.5. The number of likely N-dealkylation sites (N-methyl/N-ethyl adjacent to an activating group) is 1. The van der Waals surface area contributed by atoms with Crippen LogP contribution in [-0.4, -0.2) is 66.5 Å². The van der Waals surface area contributed by atoms with Gasteiger partial charge in [-0.15, -0.1) is 0 Å². The second-order valence-corrected chi connectivity index (χ2v) is 7.40. The predicted molar refractivity (Wildman–Crippen MR) is 105 cm³/mol. The van der Waals surface area contributed by atoms with Crippen molar-refractivity contribution in [2.75, 3.05) is 32.1 Å². The number of hydrogen-bond acceptors (Lipinski definition) is 4. The molecule has 2 N–H and O–H groups in total. The van der Waals surface area contributed by atoms with Crippen LogP contribution >= 0.6 is 0 Å². The number of amides is 4. The van der Waals surface area contributed by atoms with Gasteiger partial charge in [-0.25, -0.2) is 4.79 Å². The molecule has 2 atom stereocenters. The Morgan fingerprint density at radius 2 is 2.04 bits per heavy atom. The van der Waals surface area contributed by atoms with E-state index in [1.807, 2.05) is 38.1 Å². The molecule has 2 aliphatic rings. The third kappa shape index (κ3) is 4.11. The lowest BCUT2D eigenvalue weighted by Crippen LogP contribution is -2.61. The summed E-state index contributed by atoms with van der Waals surface area (Å²) >= 11 is 0. The number of anilines is 1. The summed E-state index contributed by atoms with van der Waals surface area (Å²) in [7, 11) is 1.56. The highest BCUT2D eigenvalue weighted by molar-refractivity contribution is 5.99. The van der Waals surface area contributed by atoms with Crippen molar-refractivity contribution >= 4 is 23.5 Å². The molecule has 4 amide bonds. The van der Waals surface area contributed by atoms with Crippen molar-refractivity contribution in [3.05, 3.63) is 29.8 Å². The van der Waals surface area contributed by atoms with Gasteiger partial charge in [-0.3, -0.25) is 9.59 Å². The van der Waals surface area contributed by atoms with E-state index in [0.29, 0.717) is 19.6 Å². The lowest BCUT2D eigenvalue weighted by atomic mass is 9.96. The second kappa shape index (κ2) is 8.60. The van der Waals surface area contributed by atoms with E-state index in [0.717, 1.165) is 17.7 Å². The Labute approximate surface area is 165 Å². The smallest absolute Gasteiger partial charge is 0.321 e. The number of rotatable bonds is 5. The number of ether oxygens (including phenoxy) is 1. The van der Waals surface area contributed by atoms with Crippen molar-refractivity contribution in [2.45, 2.75) is 39.0 Å². The second-order valence-electron chi connectivity index (χ2n) is 7.40. The lowest BCUT2D eigenvalue weighted by Gasteiger charge is -2.43. The third-order valence-corrected chi connectivity index (χ3v) is 5.50. The number of nitrogens with zero attached hydrogens (tertiary/aromatic N) is 2. The summed E-state index contributed by atoms with van der Waals surface area (Å²) in [6.45, 7) is 5.21. The summed E-state index contributed by atoms with van der Waals surface area (Å²) in [5.74, 6) is -0.317. The summed E-state index contributed by atoms with van der Waals surface area (Å²) in [5, 5.41) is 5.48. The molecule has 0 aromatic heterocycles. The number of carbonyl (C=O) groups is 3. The van der Waals surface area contributed by atoms with Crippen LogP contribution in [0.1, 0.15) is 25.8 Å². The molecule has 0 unspecified atom stereocenters. The average Bonchev–Trinajstić information content (AvgIpc) is 2.81. The van der Waals surface area contributed by atoms with Crippen LogP contribution in [0.4, 0.5) is 10.5 Å². The van der Waals surface area contributed by atoms with E-state index in [9.17, 15) is 14.4 Å². The average molecular weight is 388 g/mol. The maximum atomic E-state index is 13.2. The summed E-state index contributed by atoms with van der Waals surface area (Å²) in [4.78, 5) is 40.7. The number of hydrogen-bond donors (Lipinski definition) is 2. The fraction of sp³-hybridized carbons (Fsp3) is 0.550. The number of urea groups is 1. The molecule has 8 nitrogen and oxygen atoms in total. The zero-order chi connectivity index (χ0) is 20.3. The molecule has 1 saturated heterocycles. The monoisotopic (exact) mass is 388 g/mol. The minimum atomic E-state index is -0.532. The molecule has 0 saturated carbocycles. The van der Waals surface area contributed by atoms with Crippen LogP contribution in [0.5, 0.6) is 0 Å². The van der Waals surface area contributed by atoms with Crippen LogP contribution in [0.3, 0.4) is 0 Å². The zero-order valence-corrected chi connectivity index (χ0v) is 16.6. The zero-order valence-electron chi connectivity index (χ0n) is 16.6. The van der Waals surface area contributed by atoms with Gasteiger partial charge in [0, 0.05) is 12.7 Å². The summed E-state index contributed by atoms with van der Waals surface area (Å²) in [6, 6.07) is 6.87. The van der Waals surface area contributed by atoms with E-state index >= 15 is 0 Å². The Morgan fingerprint density at radius 1 is 1.32 bits per heavy atom. The summed E-state index contributed by atoms with van der Waals surface area (Å²) < 4.78 is 5.49. The predicted octanol–water partition coefficient (Wildman–Crippen LogP) is 1.42. The molecular formula is C20H28N4O4. The maximum Gasteiger partial charge on any atom is 0.321 e. The molecule has 2 aliphatic heterocycles. The van der Waals surface area contributed by atoms with E-state index in [2.05, 4.69) is 10.6 Å². The van der Waals surface area contributed by atoms with Gasteiger partial charge in [0.25, 0.3) is 0 Å². The highest BCUT2D eigenvalue weighted by Crippen LogP contribution is 2.29. The molecule has 1 fully saturated rings. The van der Waals surface area contributed by atoms with Crippen LogP contribution in [0, 0.1) is 5.92 Å². The van der Waals surface area contributed by atoms with E-state index in [-0.39, 0.29) is 36.5 Å². The fourth-order valence-corrected chi connectivity index (χ4v) is 3.53. The fourth-order valence-electron chi connectivity index (χ4n) is 3.53. The number of fused-ring (bicyclic) bond motifs is 1. The van der Waals surface area contributed by atoms with Crippen LogP contribution in [-0.2, 0) is 20.9 Å². The number of likely N-dealkylation sites (tertiary alicyclic amines) is 1. The summed E-state index contributed by atoms with van der Waals surface area (Å²) in [6.07, 6.45) is 0.632. The molecular weight excluding hydrogens is 360 g/mol. The quantitative estimate of drug-likeness (QED) is 0.798. The van der Waals surface area contributed by atoms with E-state index < -0.39 is 6.04 Å². The van der Waals surface area contributed by atoms with Crippen LogP contribution in [0.2, 0.25) is 0 Å². The van der Waals surface area contributed by atoms with Crippen LogP contribution in [0.15, 0.2) is 24.3 Å². The largest absolute Gasteiger partial charge is 0.365 e. The first-order valence-electron chi connectivity index (χ1n) is 9.71. The van der Waals surface area contributed by atoms with Crippen molar-refractivity contribution in [2.24, 2.45) is 5.92 Å². The topological polar surface area (TPSA) is 91.0 Å². The van der Waals surface area contributed by atoms with E-state index in [1.54, 1.807) is 16.8 Å². The SMILES string of the molecule is CC[C@H](C)[C@H]1C(=O)Nc2ccccc2CN1C(=O)N1CC(OCC(=O)NC)C1. The maximum absolute atomic E-state index is 13.2. The molecule has 152 valence electrons. The number of nitrogens with one attached hydrogen (secondary N) is 2. The normalized spacial score (nSPS) is 20.5. The number of para-hydroxylation sites is 1. The number of benzene rings is 1. The molecule has 3 rings (SSSR count). The van der Waals surface area contributed by atoms with Crippen molar-refractivity contribution in [3.63, 3.8) is 0 Å². The minimum absolute atomic E-state index is 0.0157. The van der Waals surface area contributed by atoms with Crippen molar-refractivity contribution in [1.29, 1.82) is 0 Å². The first kappa shape index (κ1) is 20.1. The molecule has 1 aromatic rings. The van der Waals surface area contributed by atoms with Gasteiger partial charge in [0.1, 0.15) is 12.6 Å². The van der Waals surface area contributed by atoms with Gasteiger partial charge in [-0.2, -0.15) is 0 Å². The Kier molecular flexibility index (Phi) is 6.18. The van der Waals surface area contributed by atoms with Gasteiger partial charge >= 0.3 is 6.03 Å². The lowest BCUT2D eigenvalue weighted by molar-refractivity contribution is -0.131. The molecule has 0 spiro atoms. The molecule has 0 bridgehead atoms. The van der Waals surface area contributed by atoms with Gasteiger partial charge in [0.2, 0.25) is 11.8 Å². The van der Waals surface area contributed by atoms with Crippen molar-refractivity contribution in [3.8, 4) is 0 Å². The van der Waals surface area contributed by atoms with E-state index in [4.69, 9.17) is 4.74 Å². The molecule has 1 aromatic carbocycles. The van der Waals surface area contributed by atoms with Gasteiger partial charge in [-0.1, -0.05) is 38.5 Å². The Morgan fingerprint density at radius 3 is 2.71 bits per heavy atom. The number of carbonyl (C=O) groups excluding carboxylic acids is 3. The summed E-state index contributed by atoms with van der Waals surface area (Å²) in [5.41, 5.74) is 1.68. The minimum Gasteiger partial charge on any atom is -0.365 e. The van der Waals surface area contributed by atoms with Gasteiger partial charge < -0.3 is 25.2 Å². The Hall–Kier alpha value is -2.61. The third-order valence-electron chi connectivity index (χ3n) is 5.50. The van der Waals surface area contributed by atoms with Crippen LogP contribution < -0.4 is 10.6 Å². The van der Waals surface area contributed by atoms with Gasteiger partial charge in [0.05, 0.1) is 25.7 Å². The molecule has 0 radical (unpaired) electrons. The molecule has 2 heterocycles. The van der Waals surface area contributed by atoms with Crippen molar-refractivity contribution < 1.29 is 19.1 Å². The highest BCUT2D eigenvalue weighted by Gasteiger charge is 2.41. The standard InChI is InChI=1S/C20H28N4O4/c1-4-13(2)18-19(26)22-16-8-6-5-7-14(16)9-24(18)20(27)23-10-15(11-23)28-12-17(25)21-3/h5-8,13,15,18H,4,9-12H2,1-3H3,(H,21,25)(H,22,26)/t13-,18-/m0/s1. The Bertz CT molecular complexity index is 747. The van der Waals surface area contributed by atoms with Crippen molar-refractivity contribution in [1.82, 2.24) is 15.1 Å². The molecule has 8 heteroatoms. The van der Waals surface area contributed by atoms with Gasteiger partial charge in [0.15, 0.2) is 0 Å². The van der Waals surface area contributed by atoms with E-state index in [1.165, 1.54) is 0 Å². The Balaban J connectivity index is 1.72. The van der Waals surface area contributed by atoms with Crippen LogP contribution in [0.25, 0.3) is 0 Å². The first-order chi connectivity index (χ1) is 13.4.